The third kappa shape index (κ3) is 3.47. The first-order valence-corrected chi connectivity index (χ1v) is 9.17. The van der Waals surface area contributed by atoms with E-state index < -0.39 is 0 Å². The standard InChI is InChI=1S/C20H28N2O2/c1-4-15-12-22(18(10-13(2)3)19(23)21-15)20(24)17-11-16(17)14-8-6-5-7-9-14/h5-9,13,15-18H,4,10-12H2,1-3H3,(H,21,23)/t15-,16-,17+,18-/m0/s1. The highest BCUT2D eigenvalue weighted by Gasteiger charge is 2.49. The second kappa shape index (κ2) is 6.96. The molecule has 4 atom stereocenters. The zero-order chi connectivity index (χ0) is 17.3. The Morgan fingerprint density at radius 1 is 1.29 bits per heavy atom. The molecular weight excluding hydrogens is 300 g/mol. The maximum atomic E-state index is 13.1. The van der Waals surface area contributed by atoms with Crippen molar-refractivity contribution in [1.82, 2.24) is 10.2 Å². The molecule has 1 saturated heterocycles. The van der Waals surface area contributed by atoms with Crippen molar-refractivity contribution in [1.29, 1.82) is 0 Å². The highest BCUT2D eigenvalue weighted by Crippen LogP contribution is 2.48. The lowest BCUT2D eigenvalue weighted by Gasteiger charge is -2.40. The number of nitrogens with one attached hydrogen (secondary N) is 1. The van der Waals surface area contributed by atoms with E-state index in [0.29, 0.717) is 18.4 Å². The highest BCUT2D eigenvalue weighted by molar-refractivity contribution is 5.91. The number of hydrogen-bond donors (Lipinski definition) is 1. The number of nitrogens with zero attached hydrogens (tertiary/aromatic N) is 1. The van der Waals surface area contributed by atoms with Gasteiger partial charge in [0.15, 0.2) is 0 Å². The van der Waals surface area contributed by atoms with Crippen LogP contribution >= 0.6 is 0 Å². The molecule has 2 aliphatic rings. The van der Waals surface area contributed by atoms with E-state index in [1.165, 1.54) is 5.56 Å². The largest absolute Gasteiger partial charge is 0.350 e. The second-order valence-corrected chi connectivity index (χ2v) is 7.61. The Morgan fingerprint density at radius 3 is 2.62 bits per heavy atom. The van der Waals surface area contributed by atoms with Crippen molar-refractivity contribution in [3.05, 3.63) is 35.9 Å². The number of carbonyl (C=O) groups is 2. The molecule has 24 heavy (non-hydrogen) atoms. The van der Waals surface area contributed by atoms with Crippen LogP contribution in [0.15, 0.2) is 30.3 Å². The Bertz CT molecular complexity index is 599. The lowest BCUT2D eigenvalue weighted by molar-refractivity contribution is -0.146. The van der Waals surface area contributed by atoms with Gasteiger partial charge in [-0.15, -0.1) is 0 Å². The first-order valence-electron chi connectivity index (χ1n) is 9.17. The fourth-order valence-corrected chi connectivity index (χ4v) is 3.75. The summed E-state index contributed by atoms with van der Waals surface area (Å²) in [6, 6.07) is 10.0. The molecule has 1 aliphatic heterocycles. The minimum absolute atomic E-state index is 0.0204. The van der Waals surface area contributed by atoms with E-state index >= 15 is 0 Å². The molecule has 1 N–H and O–H groups in total. The van der Waals surface area contributed by atoms with Gasteiger partial charge in [0, 0.05) is 18.5 Å². The number of carbonyl (C=O) groups excluding carboxylic acids is 2. The molecule has 2 fully saturated rings. The summed E-state index contributed by atoms with van der Waals surface area (Å²) in [5.41, 5.74) is 1.24. The summed E-state index contributed by atoms with van der Waals surface area (Å²) in [7, 11) is 0. The first kappa shape index (κ1) is 17.0. The zero-order valence-corrected chi connectivity index (χ0v) is 14.9. The molecule has 0 spiro atoms. The van der Waals surface area contributed by atoms with Crippen LogP contribution < -0.4 is 5.32 Å². The van der Waals surface area contributed by atoms with Crippen molar-refractivity contribution < 1.29 is 9.59 Å². The maximum Gasteiger partial charge on any atom is 0.243 e. The van der Waals surface area contributed by atoms with Gasteiger partial charge in [0.25, 0.3) is 0 Å². The monoisotopic (exact) mass is 328 g/mol. The molecule has 1 aromatic rings. The van der Waals surface area contributed by atoms with E-state index in [1.807, 2.05) is 23.1 Å². The average molecular weight is 328 g/mol. The fraction of sp³-hybridized carbons (Fsp3) is 0.600. The van der Waals surface area contributed by atoms with Crippen LogP contribution in [0.3, 0.4) is 0 Å². The van der Waals surface area contributed by atoms with Gasteiger partial charge in [-0.2, -0.15) is 0 Å². The van der Waals surface area contributed by atoms with Gasteiger partial charge in [0.05, 0.1) is 0 Å². The Labute approximate surface area is 144 Å². The van der Waals surface area contributed by atoms with Gasteiger partial charge in [-0.25, -0.2) is 0 Å². The quantitative estimate of drug-likeness (QED) is 0.903. The third-order valence-electron chi connectivity index (χ3n) is 5.25. The van der Waals surface area contributed by atoms with Gasteiger partial charge >= 0.3 is 0 Å². The minimum atomic E-state index is -0.308. The number of hydrogen-bond acceptors (Lipinski definition) is 2. The molecule has 130 valence electrons. The van der Waals surface area contributed by atoms with Crippen molar-refractivity contribution in [3.8, 4) is 0 Å². The maximum absolute atomic E-state index is 13.1. The molecule has 1 saturated carbocycles. The van der Waals surface area contributed by atoms with Crippen molar-refractivity contribution in [3.63, 3.8) is 0 Å². The number of rotatable bonds is 5. The smallest absolute Gasteiger partial charge is 0.243 e. The molecule has 0 radical (unpaired) electrons. The lowest BCUT2D eigenvalue weighted by Crippen LogP contribution is -2.62. The summed E-state index contributed by atoms with van der Waals surface area (Å²) < 4.78 is 0. The molecular formula is C20H28N2O2. The van der Waals surface area contributed by atoms with Gasteiger partial charge < -0.3 is 10.2 Å². The second-order valence-electron chi connectivity index (χ2n) is 7.61. The molecule has 0 unspecified atom stereocenters. The van der Waals surface area contributed by atoms with Crippen LogP contribution in [0.5, 0.6) is 0 Å². The van der Waals surface area contributed by atoms with E-state index in [4.69, 9.17) is 0 Å². The molecule has 1 heterocycles. The Kier molecular flexibility index (Phi) is 4.93. The Balaban J connectivity index is 1.74. The molecule has 3 rings (SSSR count). The summed E-state index contributed by atoms with van der Waals surface area (Å²) in [4.78, 5) is 27.5. The van der Waals surface area contributed by atoms with E-state index in [2.05, 4.69) is 38.2 Å². The summed E-state index contributed by atoms with van der Waals surface area (Å²) in [6.45, 7) is 6.91. The molecule has 1 aromatic carbocycles. The van der Waals surface area contributed by atoms with Crippen LogP contribution in [-0.4, -0.2) is 35.3 Å². The topological polar surface area (TPSA) is 49.4 Å². The minimum Gasteiger partial charge on any atom is -0.350 e. The molecule has 2 amide bonds. The van der Waals surface area contributed by atoms with Crippen LogP contribution in [0.1, 0.15) is 51.5 Å². The van der Waals surface area contributed by atoms with Crippen molar-refractivity contribution in [2.24, 2.45) is 11.8 Å². The van der Waals surface area contributed by atoms with Crippen molar-refractivity contribution in [2.75, 3.05) is 6.54 Å². The van der Waals surface area contributed by atoms with E-state index in [-0.39, 0.29) is 29.8 Å². The molecule has 0 aromatic heterocycles. The van der Waals surface area contributed by atoms with Gasteiger partial charge in [0.2, 0.25) is 11.8 Å². The van der Waals surface area contributed by atoms with E-state index in [0.717, 1.165) is 19.3 Å². The van der Waals surface area contributed by atoms with Crippen LogP contribution in [0.2, 0.25) is 0 Å². The van der Waals surface area contributed by atoms with Crippen LogP contribution in [0.25, 0.3) is 0 Å². The zero-order valence-electron chi connectivity index (χ0n) is 14.9. The molecule has 1 aliphatic carbocycles. The Hall–Kier alpha value is -1.84. The van der Waals surface area contributed by atoms with Crippen molar-refractivity contribution in [2.45, 2.75) is 58.0 Å². The Morgan fingerprint density at radius 2 is 2.00 bits per heavy atom. The summed E-state index contributed by atoms with van der Waals surface area (Å²) >= 11 is 0. The number of amides is 2. The molecule has 0 bridgehead atoms. The predicted molar refractivity (Wildman–Crippen MR) is 94.5 cm³/mol. The SMILES string of the molecule is CC[C@H]1CN(C(=O)[C@@H]2C[C@H]2c2ccccc2)[C@@H](CC(C)C)C(=O)N1. The van der Waals surface area contributed by atoms with Gasteiger partial charge in [0.1, 0.15) is 6.04 Å². The van der Waals surface area contributed by atoms with E-state index in [1.54, 1.807) is 0 Å². The van der Waals surface area contributed by atoms with Gasteiger partial charge in [-0.1, -0.05) is 51.1 Å². The molecule has 4 heteroatoms. The van der Waals surface area contributed by atoms with Crippen LogP contribution in [0, 0.1) is 11.8 Å². The fourth-order valence-electron chi connectivity index (χ4n) is 3.75. The normalized spacial score (nSPS) is 29.5. The van der Waals surface area contributed by atoms with Gasteiger partial charge in [-0.3, -0.25) is 9.59 Å². The summed E-state index contributed by atoms with van der Waals surface area (Å²) in [5, 5.41) is 3.08. The van der Waals surface area contributed by atoms with Crippen LogP contribution in [0.4, 0.5) is 0 Å². The lowest BCUT2D eigenvalue weighted by atomic mass is 9.96. The third-order valence-corrected chi connectivity index (χ3v) is 5.25. The van der Waals surface area contributed by atoms with Crippen molar-refractivity contribution >= 4 is 11.8 Å². The summed E-state index contributed by atoms with van der Waals surface area (Å²) in [6.07, 6.45) is 2.50. The number of benzene rings is 1. The first-order chi connectivity index (χ1) is 11.5. The average Bonchev–Trinajstić information content (AvgIpc) is 3.37. The number of piperazine rings is 1. The van der Waals surface area contributed by atoms with E-state index in [9.17, 15) is 9.59 Å². The van der Waals surface area contributed by atoms with Gasteiger partial charge in [-0.05, 0) is 36.7 Å². The predicted octanol–water partition coefficient (Wildman–Crippen LogP) is 2.94. The van der Waals surface area contributed by atoms with Crippen LogP contribution in [-0.2, 0) is 9.59 Å². The highest BCUT2D eigenvalue weighted by atomic mass is 16.2. The molecule has 4 nitrogen and oxygen atoms in total. The summed E-state index contributed by atoms with van der Waals surface area (Å²) in [5.74, 6) is 0.946.